The lowest BCUT2D eigenvalue weighted by Gasteiger charge is -2.07. The van der Waals surface area contributed by atoms with Gasteiger partial charge in [-0.1, -0.05) is 23.7 Å². The van der Waals surface area contributed by atoms with Crippen molar-refractivity contribution in [2.24, 2.45) is 0 Å². The molecule has 3 heteroatoms. The minimum Gasteiger partial charge on any atom is -0.235 e. The van der Waals surface area contributed by atoms with Gasteiger partial charge in [-0.25, -0.2) is 4.98 Å². The molecule has 19 heavy (non-hydrogen) atoms. The monoisotopic (exact) mass is 268 g/mol. The second kappa shape index (κ2) is 4.68. The highest BCUT2D eigenvalue weighted by Gasteiger charge is 2.13. The number of rotatable bonds is 1. The molecule has 2 aromatic rings. The maximum Gasteiger partial charge on any atom is 0.147 e. The smallest absolute Gasteiger partial charge is 0.147 e. The summed E-state index contributed by atoms with van der Waals surface area (Å²) in [6.45, 7) is 1.89. The number of pyridine rings is 1. The van der Waals surface area contributed by atoms with Crippen LogP contribution in [0.1, 0.15) is 28.7 Å². The lowest BCUT2D eigenvalue weighted by molar-refractivity contribution is 0.912. The molecule has 0 amide bonds. The highest BCUT2D eigenvalue weighted by atomic mass is 35.5. The van der Waals surface area contributed by atoms with Crippen LogP contribution >= 0.6 is 11.6 Å². The predicted octanol–water partition coefficient (Wildman–Crippen LogP) is 4.07. The minimum atomic E-state index is 0.290. The van der Waals surface area contributed by atoms with Crippen LogP contribution < -0.4 is 0 Å². The predicted molar refractivity (Wildman–Crippen MR) is 76.2 cm³/mol. The van der Waals surface area contributed by atoms with Gasteiger partial charge in [0.15, 0.2) is 0 Å². The number of hydrogen-bond donors (Lipinski definition) is 0. The molecular weight excluding hydrogens is 256 g/mol. The third kappa shape index (κ3) is 2.11. The zero-order chi connectivity index (χ0) is 13.4. The SMILES string of the molecule is Cc1cc(-c2ccc3c(c2)CCC3)nc(Cl)c1C#N. The van der Waals surface area contributed by atoms with Crippen molar-refractivity contribution < 1.29 is 0 Å². The lowest BCUT2D eigenvalue weighted by atomic mass is 10.0. The second-order valence-electron chi connectivity index (χ2n) is 4.94. The van der Waals surface area contributed by atoms with E-state index in [-0.39, 0.29) is 5.15 Å². The van der Waals surface area contributed by atoms with Crippen molar-refractivity contribution in [1.82, 2.24) is 4.98 Å². The Balaban J connectivity index is 2.10. The zero-order valence-electron chi connectivity index (χ0n) is 10.7. The Hall–Kier alpha value is -1.85. The number of aromatic nitrogens is 1. The topological polar surface area (TPSA) is 36.7 Å². The van der Waals surface area contributed by atoms with Crippen molar-refractivity contribution in [2.75, 3.05) is 0 Å². The van der Waals surface area contributed by atoms with E-state index < -0.39 is 0 Å². The van der Waals surface area contributed by atoms with Gasteiger partial charge in [-0.2, -0.15) is 5.26 Å². The molecule has 1 heterocycles. The third-order valence-electron chi connectivity index (χ3n) is 3.68. The number of halogens is 1. The lowest BCUT2D eigenvalue weighted by Crippen LogP contribution is -1.93. The van der Waals surface area contributed by atoms with Crippen LogP contribution in [-0.4, -0.2) is 4.98 Å². The Labute approximate surface area is 117 Å². The Kier molecular flexibility index (Phi) is 3.00. The van der Waals surface area contributed by atoms with Crippen LogP contribution in [0, 0.1) is 18.3 Å². The molecule has 0 saturated heterocycles. The average molecular weight is 269 g/mol. The van der Waals surface area contributed by atoms with Crippen LogP contribution in [0.2, 0.25) is 5.15 Å². The van der Waals surface area contributed by atoms with Gasteiger partial charge in [0, 0.05) is 5.56 Å². The maximum atomic E-state index is 9.01. The van der Waals surface area contributed by atoms with E-state index in [1.54, 1.807) is 0 Å². The highest BCUT2D eigenvalue weighted by molar-refractivity contribution is 6.30. The molecule has 3 rings (SSSR count). The molecule has 0 saturated carbocycles. The summed E-state index contributed by atoms with van der Waals surface area (Å²) in [5.74, 6) is 0. The first kappa shape index (κ1) is 12.2. The van der Waals surface area contributed by atoms with Gasteiger partial charge >= 0.3 is 0 Å². The summed E-state index contributed by atoms with van der Waals surface area (Å²) < 4.78 is 0. The van der Waals surface area contributed by atoms with Crippen molar-refractivity contribution in [3.8, 4) is 17.3 Å². The normalized spacial score (nSPS) is 13.1. The van der Waals surface area contributed by atoms with Crippen LogP contribution in [0.4, 0.5) is 0 Å². The number of hydrogen-bond acceptors (Lipinski definition) is 2. The first-order chi connectivity index (χ1) is 9.19. The molecule has 0 fully saturated rings. The van der Waals surface area contributed by atoms with E-state index >= 15 is 0 Å². The Bertz CT molecular complexity index is 675. The van der Waals surface area contributed by atoms with Crippen LogP contribution in [0.25, 0.3) is 11.3 Å². The summed E-state index contributed by atoms with van der Waals surface area (Å²) in [5, 5.41) is 9.30. The van der Waals surface area contributed by atoms with Crippen molar-refractivity contribution in [3.05, 3.63) is 51.7 Å². The molecule has 0 spiro atoms. The van der Waals surface area contributed by atoms with Crippen molar-refractivity contribution in [3.63, 3.8) is 0 Å². The van der Waals surface area contributed by atoms with Gasteiger partial charge in [0.05, 0.1) is 11.3 Å². The van der Waals surface area contributed by atoms with Gasteiger partial charge < -0.3 is 0 Å². The number of benzene rings is 1. The Morgan fingerprint density at radius 3 is 2.74 bits per heavy atom. The van der Waals surface area contributed by atoms with Crippen LogP contribution in [0.15, 0.2) is 24.3 Å². The standard InChI is InChI=1S/C16H13ClN2/c1-10-7-15(19-16(17)14(10)9-18)13-6-5-11-3-2-4-12(11)8-13/h5-8H,2-4H2,1H3. The molecule has 0 unspecified atom stereocenters. The molecule has 1 aliphatic carbocycles. The fourth-order valence-electron chi connectivity index (χ4n) is 2.65. The van der Waals surface area contributed by atoms with Crippen molar-refractivity contribution in [1.29, 1.82) is 5.26 Å². The molecule has 0 bridgehead atoms. The fraction of sp³-hybridized carbons (Fsp3) is 0.250. The summed E-state index contributed by atoms with van der Waals surface area (Å²) in [6.07, 6.45) is 3.56. The van der Waals surface area contributed by atoms with Crippen molar-refractivity contribution >= 4 is 11.6 Å². The third-order valence-corrected chi connectivity index (χ3v) is 3.95. The van der Waals surface area contributed by atoms with E-state index in [9.17, 15) is 0 Å². The Morgan fingerprint density at radius 1 is 1.21 bits per heavy atom. The summed E-state index contributed by atoms with van der Waals surface area (Å²) in [4.78, 5) is 4.34. The van der Waals surface area contributed by atoms with Gasteiger partial charge in [0.25, 0.3) is 0 Å². The average Bonchev–Trinajstić information content (AvgIpc) is 2.85. The van der Waals surface area contributed by atoms with E-state index in [4.69, 9.17) is 16.9 Å². The number of nitrogens with zero attached hydrogens (tertiary/aromatic N) is 2. The summed E-state index contributed by atoms with van der Waals surface area (Å²) >= 11 is 6.07. The van der Waals surface area contributed by atoms with Crippen LogP contribution in [0.3, 0.4) is 0 Å². The fourth-order valence-corrected chi connectivity index (χ4v) is 2.93. The summed E-state index contributed by atoms with van der Waals surface area (Å²) in [7, 11) is 0. The van der Waals surface area contributed by atoms with Gasteiger partial charge in [-0.15, -0.1) is 0 Å². The number of nitriles is 1. The molecule has 94 valence electrons. The van der Waals surface area contributed by atoms with E-state index in [2.05, 4.69) is 29.3 Å². The molecule has 0 N–H and O–H groups in total. The first-order valence-electron chi connectivity index (χ1n) is 6.38. The molecule has 1 aliphatic rings. The Morgan fingerprint density at radius 2 is 2.00 bits per heavy atom. The molecule has 0 radical (unpaired) electrons. The molecule has 0 atom stereocenters. The largest absolute Gasteiger partial charge is 0.235 e. The first-order valence-corrected chi connectivity index (χ1v) is 6.76. The highest BCUT2D eigenvalue weighted by Crippen LogP contribution is 2.29. The summed E-state index contributed by atoms with van der Waals surface area (Å²) in [5.41, 5.74) is 6.12. The van der Waals surface area contributed by atoms with Gasteiger partial charge in [-0.05, 0) is 55.0 Å². The maximum absolute atomic E-state index is 9.01. The number of fused-ring (bicyclic) bond motifs is 1. The van der Waals surface area contributed by atoms with Crippen molar-refractivity contribution in [2.45, 2.75) is 26.2 Å². The van der Waals surface area contributed by atoms with E-state index in [0.29, 0.717) is 5.56 Å². The van der Waals surface area contributed by atoms with Gasteiger partial charge in [-0.3, -0.25) is 0 Å². The van der Waals surface area contributed by atoms with E-state index in [1.807, 2.05) is 13.0 Å². The minimum absolute atomic E-state index is 0.290. The molecule has 1 aromatic heterocycles. The van der Waals surface area contributed by atoms with Gasteiger partial charge in [0.2, 0.25) is 0 Å². The molecule has 1 aromatic carbocycles. The molecule has 0 aliphatic heterocycles. The number of aryl methyl sites for hydroxylation is 3. The van der Waals surface area contributed by atoms with Gasteiger partial charge in [0.1, 0.15) is 11.2 Å². The second-order valence-corrected chi connectivity index (χ2v) is 5.30. The zero-order valence-corrected chi connectivity index (χ0v) is 11.5. The summed E-state index contributed by atoms with van der Waals surface area (Å²) in [6, 6.07) is 10.5. The van der Waals surface area contributed by atoms with E-state index in [0.717, 1.165) is 23.2 Å². The van der Waals surface area contributed by atoms with Crippen LogP contribution in [-0.2, 0) is 12.8 Å². The van der Waals surface area contributed by atoms with Crippen LogP contribution in [0.5, 0.6) is 0 Å². The molecule has 2 nitrogen and oxygen atoms in total. The quantitative estimate of drug-likeness (QED) is 0.731. The van der Waals surface area contributed by atoms with E-state index in [1.165, 1.54) is 24.0 Å². The molecular formula is C16H13ClN2.